The van der Waals surface area contributed by atoms with E-state index in [0.29, 0.717) is 0 Å². The standard InChI is InChI=1S/C12H17F/c1-3-5-8-11-10(4-2)7-6-9-12(11)13/h6-7,9H,3-5,8H2,1-2H3. The Morgan fingerprint density at radius 1 is 1.23 bits per heavy atom. The molecular formula is C12H17F. The molecule has 0 aromatic heterocycles. The van der Waals surface area contributed by atoms with Crippen LogP contribution < -0.4 is 0 Å². The van der Waals surface area contributed by atoms with E-state index >= 15 is 0 Å². The molecule has 0 N–H and O–H groups in total. The minimum atomic E-state index is -0.0344. The Labute approximate surface area is 79.8 Å². The maximum Gasteiger partial charge on any atom is 0.126 e. The average Bonchev–Trinajstić information content (AvgIpc) is 2.15. The first kappa shape index (κ1) is 10.2. The Balaban J connectivity index is 2.87. The average molecular weight is 180 g/mol. The van der Waals surface area contributed by atoms with Gasteiger partial charge in [-0.3, -0.25) is 0 Å². The van der Waals surface area contributed by atoms with Gasteiger partial charge in [-0.25, -0.2) is 4.39 Å². The van der Waals surface area contributed by atoms with E-state index in [2.05, 4.69) is 13.8 Å². The van der Waals surface area contributed by atoms with Gasteiger partial charge in [0.2, 0.25) is 0 Å². The van der Waals surface area contributed by atoms with Gasteiger partial charge in [-0.1, -0.05) is 32.4 Å². The van der Waals surface area contributed by atoms with Gasteiger partial charge in [-0.2, -0.15) is 0 Å². The second-order valence-corrected chi connectivity index (χ2v) is 3.33. The van der Waals surface area contributed by atoms with Gasteiger partial charge in [-0.15, -0.1) is 0 Å². The molecule has 0 saturated heterocycles. The monoisotopic (exact) mass is 180 g/mol. The van der Waals surface area contributed by atoms with Gasteiger partial charge in [-0.05, 0) is 36.5 Å². The molecule has 0 saturated carbocycles. The van der Waals surface area contributed by atoms with Crippen molar-refractivity contribution >= 4 is 0 Å². The van der Waals surface area contributed by atoms with E-state index in [1.807, 2.05) is 6.07 Å². The minimum Gasteiger partial charge on any atom is -0.207 e. The molecule has 0 aliphatic carbocycles. The molecule has 0 amide bonds. The number of hydrogen-bond acceptors (Lipinski definition) is 0. The summed E-state index contributed by atoms with van der Waals surface area (Å²) < 4.78 is 13.4. The molecule has 0 nitrogen and oxygen atoms in total. The first-order chi connectivity index (χ1) is 6.29. The Kier molecular flexibility index (Phi) is 3.94. The van der Waals surface area contributed by atoms with Crippen molar-refractivity contribution in [3.8, 4) is 0 Å². The highest BCUT2D eigenvalue weighted by molar-refractivity contribution is 5.28. The predicted molar refractivity (Wildman–Crippen MR) is 54.4 cm³/mol. The third-order valence-corrected chi connectivity index (χ3v) is 2.38. The van der Waals surface area contributed by atoms with E-state index in [4.69, 9.17) is 0 Å². The molecule has 0 heterocycles. The van der Waals surface area contributed by atoms with Crippen molar-refractivity contribution in [2.24, 2.45) is 0 Å². The van der Waals surface area contributed by atoms with Crippen LogP contribution in [0.25, 0.3) is 0 Å². The summed E-state index contributed by atoms with van der Waals surface area (Å²) in [5.41, 5.74) is 2.08. The van der Waals surface area contributed by atoms with Gasteiger partial charge in [0.15, 0.2) is 0 Å². The first-order valence-electron chi connectivity index (χ1n) is 5.05. The zero-order chi connectivity index (χ0) is 9.68. The molecule has 0 fully saturated rings. The van der Waals surface area contributed by atoms with Crippen LogP contribution in [-0.2, 0) is 12.8 Å². The van der Waals surface area contributed by atoms with Crippen LogP contribution >= 0.6 is 0 Å². The van der Waals surface area contributed by atoms with Crippen molar-refractivity contribution in [3.05, 3.63) is 35.1 Å². The van der Waals surface area contributed by atoms with Crippen molar-refractivity contribution in [3.63, 3.8) is 0 Å². The van der Waals surface area contributed by atoms with E-state index in [1.165, 1.54) is 0 Å². The van der Waals surface area contributed by atoms with Crippen molar-refractivity contribution in [2.45, 2.75) is 39.5 Å². The quantitative estimate of drug-likeness (QED) is 0.662. The molecular weight excluding hydrogens is 163 g/mol. The lowest BCUT2D eigenvalue weighted by Gasteiger charge is -2.07. The Morgan fingerprint density at radius 2 is 2.00 bits per heavy atom. The summed E-state index contributed by atoms with van der Waals surface area (Å²) in [6, 6.07) is 5.38. The number of rotatable bonds is 4. The van der Waals surface area contributed by atoms with Gasteiger partial charge < -0.3 is 0 Å². The molecule has 0 bridgehead atoms. The van der Waals surface area contributed by atoms with Crippen molar-refractivity contribution in [2.75, 3.05) is 0 Å². The summed E-state index contributed by atoms with van der Waals surface area (Å²) in [6.07, 6.45) is 4.01. The topological polar surface area (TPSA) is 0 Å². The maximum absolute atomic E-state index is 13.4. The normalized spacial score (nSPS) is 10.4. The van der Waals surface area contributed by atoms with Gasteiger partial charge in [0.25, 0.3) is 0 Å². The molecule has 0 aliphatic rings. The van der Waals surface area contributed by atoms with Crippen LogP contribution in [0.2, 0.25) is 0 Å². The molecule has 1 aromatic carbocycles. The Bertz CT molecular complexity index is 266. The fourth-order valence-electron chi connectivity index (χ4n) is 1.57. The van der Waals surface area contributed by atoms with Gasteiger partial charge >= 0.3 is 0 Å². The Hall–Kier alpha value is -0.850. The third kappa shape index (κ3) is 2.55. The lowest BCUT2D eigenvalue weighted by atomic mass is 10.00. The van der Waals surface area contributed by atoms with Gasteiger partial charge in [0.05, 0.1) is 0 Å². The fourth-order valence-corrected chi connectivity index (χ4v) is 1.57. The molecule has 0 spiro atoms. The highest BCUT2D eigenvalue weighted by Gasteiger charge is 2.05. The van der Waals surface area contributed by atoms with E-state index < -0.39 is 0 Å². The molecule has 0 unspecified atom stereocenters. The number of unbranched alkanes of at least 4 members (excludes halogenated alkanes) is 1. The third-order valence-electron chi connectivity index (χ3n) is 2.38. The second kappa shape index (κ2) is 5.00. The van der Waals surface area contributed by atoms with Crippen molar-refractivity contribution in [1.29, 1.82) is 0 Å². The van der Waals surface area contributed by atoms with Crippen LogP contribution in [0.15, 0.2) is 18.2 Å². The van der Waals surface area contributed by atoms with Crippen LogP contribution in [0.4, 0.5) is 4.39 Å². The molecule has 0 aliphatic heterocycles. The Morgan fingerprint density at radius 3 is 2.62 bits per heavy atom. The maximum atomic E-state index is 13.4. The summed E-state index contributed by atoms with van der Waals surface area (Å²) in [5.74, 6) is -0.0344. The van der Waals surface area contributed by atoms with Gasteiger partial charge in [0.1, 0.15) is 5.82 Å². The molecule has 0 radical (unpaired) electrons. The van der Waals surface area contributed by atoms with Crippen LogP contribution in [0, 0.1) is 5.82 Å². The highest BCUT2D eigenvalue weighted by Crippen LogP contribution is 2.16. The van der Waals surface area contributed by atoms with Crippen LogP contribution in [0.3, 0.4) is 0 Å². The highest BCUT2D eigenvalue weighted by atomic mass is 19.1. The van der Waals surface area contributed by atoms with E-state index in [9.17, 15) is 4.39 Å². The number of halogens is 1. The molecule has 1 rings (SSSR count). The SMILES string of the molecule is CCCCc1c(F)cccc1CC. The second-order valence-electron chi connectivity index (χ2n) is 3.33. The lowest BCUT2D eigenvalue weighted by Crippen LogP contribution is -1.96. The number of hydrogen-bond donors (Lipinski definition) is 0. The smallest absolute Gasteiger partial charge is 0.126 e. The van der Waals surface area contributed by atoms with Crippen LogP contribution in [-0.4, -0.2) is 0 Å². The summed E-state index contributed by atoms with van der Waals surface area (Å²) in [5, 5.41) is 0. The molecule has 13 heavy (non-hydrogen) atoms. The van der Waals surface area contributed by atoms with Crippen LogP contribution in [0.1, 0.15) is 37.8 Å². The minimum absolute atomic E-state index is 0.0344. The van der Waals surface area contributed by atoms with E-state index in [-0.39, 0.29) is 5.82 Å². The summed E-state index contributed by atoms with van der Waals surface area (Å²) >= 11 is 0. The predicted octanol–water partition coefficient (Wildman–Crippen LogP) is 3.73. The zero-order valence-corrected chi connectivity index (χ0v) is 8.44. The van der Waals surface area contributed by atoms with Gasteiger partial charge in [0, 0.05) is 0 Å². The molecule has 0 atom stereocenters. The van der Waals surface area contributed by atoms with Crippen molar-refractivity contribution < 1.29 is 4.39 Å². The lowest BCUT2D eigenvalue weighted by molar-refractivity contribution is 0.599. The van der Waals surface area contributed by atoms with Crippen LogP contribution in [0.5, 0.6) is 0 Å². The first-order valence-corrected chi connectivity index (χ1v) is 5.05. The summed E-state index contributed by atoms with van der Waals surface area (Å²) in [7, 11) is 0. The largest absolute Gasteiger partial charge is 0.207 e. The molecule has 1 aromatic rings. The van der Waals surface area contributed by atoms with E-state index in [1.54, 1.807) is 12.1 Å². The summed E-state index contributed by atoms with van der Waals surface area (Å²) in [4.78, 5) is 0. The number of benzene rings is 1. The number of aryl methyl sites for hydroxylation is 1. The summed E-state index contributed by atoms with van der Waals surface area (Å²) in [6.45, 7) is 4.21. The zero-order valence-electron chi connectivity index (χ0n) is 8.44. The fraction of sp³-hybridized carbons (Fsp3) is 0.500. The van der Waals surface area contributed by atoms with Crippen molar-refractivity contribution in [1.82, 2.24) is 0 Å². The molecule has 72 valence electrons. The van der Waals surface area contributed by atoms with E-state index in [0.717, 1.165) is 36.8 Å². The molecule has 1 heteroatoms.